The van der Waals surface area contributed by atoms with Crippen LogP contribution in [0.5, 0.6) is 0 Å². The predicted molar refractivity (Wildman–Crippen MR) is 151 cm³/mol. The van der Waals surface area contributed by atoms with Crippen molar-refractivity contribution < 1.29 is 13.9 Å². The van der Waals surface area contributed by atoms with Crippen molar-refractivity contribution in [1.82, 2.24) is 34.3 Å². The van der Waals surface area contributed by atoms with E-state index < -0.39 is 5.82 Å². The number of nitrogen functional groups attached to an aromatic ring is 1. The molecule has 12 heteroatoms. The fourth-order valence-electron chi connectivity index (χ4n) is 4.90. The van der Waals surface area contributed by atoms with Crippen molar-refractivity contribution in [3.05, 3.63) is 54.4 Å². The van der Waals surface area contributed by atoms with Crippen LogP contribution in [0.3, 0.4) is 0 Å². The Morgan fingerprint density at radius 1 is 1.12 bits per heavy atom. The highest BCUT2D eigenvalue weighted by Gasteiger charge is 2.18. The number of rotatable bonds is 9. The van der Waals surface area contributed by atoms with E-state index in [9.17, 15) is 9.18 Å². The number of hydrogen-bond donors (Lipinski definition) is 2. The molecule has 1 unspecified atom stereocenters. The summed E-state index contributed by atoms with van der Waals surface area (Å²) in [5.74, 6) is -0.219. The molecule has 4 heterocycles. The van der Waals surface area contributed by atoms with Crippen LogP contribution in [0.15, 0.2) is 43.0 Å². The van der Waals surface area contributed by atoms with Crippen LogP contribution in [0, 0.1) is 5.82 Å². The number of methoxy groups -OCH3 is 1. The van der Waals surface area contributed by atoms with Crippen molar-refractivity contribution in [2.75, 3.05) is 50.9 Å². The molecule has 0 spiro atoms. The highest BCUT2D eigenvalue weighted by Crippen LogP contribution is 2.28. The lowest BCUT2D eigenvalue weighted by molar-refractivity contribution is -0.141. The van der Waals surface area contributed by atoms with E-state index in [1.165, 1.54) is 7.11 Å². The number of aromatic nitrogens is 5. The second kappa shape index (κ2) is 11.9. The number of esters is 1. The Labute approximate surface area is 232 Å². The van der Waals surface area contributed by atoms with E-state index in [4.69, 9.17) is 10.5 Å². The van der Waals surface area contributed by atoms with E-state index in [1.54, 1.807) is 36.8 Å². The number of carbonyl (C=O) groups excluding carboxylic acids is 1. The number of nitrogens with one attached hydrogen (secondary N) is 1. The van der Waals surface area contributed by atoms with Crippen LogP contribution in [0.25, 0.3) is 22.3 Å². The summed E-state index contributed by atoms with van der Waals surface area (Å²) in [6.07, 6.45) is 4.74. The lowest BCUT2D eigenvalue weighted by atomic mass is 10.1. The molecule has 0 amide bonds. The summed E-state index contributed by atoms with van der Waals surface area (Å²) in [7, 11) is 1.36. The molecule has 3 aromatic heterocycles. The first-order valence-electron chi connectivity index (χ1n) is 13.4. The molecule has 5 rings (SSSR count). The molecule has 1 aromatic carbocycles. The standard InChI is InChI=1S/C28H34FN9O2/c1-4-36-7-9-37(10-8-36)16-20-14-31-25(13-22(20)30)34-28-32-15-21(29)27(35-28)19-5-6-23-24(12-19)38(17-33-23)18(2)11-26(39)40-3/h5-6,12-15,17-18H,4,7-11,16H2,1-3H3,(H3,30,31,32,34,35). The van der Waals surface area contributed by atoms with Crippen LogP contribution >= 0.6 is 0 Å². The van der Waals surface area contributed by atoms with E-state index in [0.717, 1.165) is 62.1 Å². The number of hydrogen-bond acceptors (Lipinski definition) is 10. The second-order valence-electron chi connectivity index (χ2n) is 9.98. The molecule has 1 saturated heterocycles. The van der Waals surface area contributed by atoms with Crippen molar-refractivity contribution in [1.29, 1.82) is 0 Å². The highest BCUT2D eigenvalue weighted by atomic mass is 19.1. The summed E-state index contributed by atoms with van der Waals surface area (Å²) in [5.41, 5.74) is 10.1. The monoisotopic (exact) mass is 547 g/mol. The van der Waals surface area contributed by atoms with Crippen LogP contribution in [0.2, 0.25) is 0 Å². The van der Waals surface area contributed by atoms with Crippen molar-refractivity contribution >= 4 is 34.5 Å². The minimum absolute atomic E-state index is 0.128. The quantitative estimate of drug-likeness (QED) is 0.300. The zero-order valence-corrected chi connectivity index (χ0v) is 23.0. The topological polar surface area (TPSA) is 127 Å². The summed E-state index contributed by atoms with van der Waals surface area (Å²) in [4.78, 5) is 34.0. The van der Waals surface area contributed by atoms with Gasteiger partial charge >= 0.3 is 5.97 Å². The maximum absolute atomic E-state index is 14.9. The van der Waals surface area contributed by atoms with Crippen molar-refractivity contribution in [2.24, 2.45) is 0 Å². The molecule has 1 fully saturated rings. The number of imidazole rings is 1. The van der Waals surface area contributed by atoms with Gasteiger partial charge in [0.05, 0.1) is 37.1 Å². The lowest BCUT2D eigenvalue weighted by Gasteiger charge is -2.34. The van der Waals surface area contributed by atoms with Gasteiger partial charge in [0.1, 0.15) is 11.5 Å². The Hall–Kier alpha value is -4.16. The van der Waals surface area contributed by atoms with E-state index >= 15 is 0 Å². The Morgan fingerprint density at radius 2 is 1.90 bits per heavy atom. The average molecular weight is 548 g/mol. The lowest BCUT2D eigenvalue weighted by Crippen LogP contribution is -2.45. The Kier molecular flexibility index (Phi) is 8.17. The molecule has 0 bridgehead atoms. The van der Waals surface area contributed by atoms with Gasteiger partial charge in [-0.3, -0.25) is 9.69 Å². The van der Waals surface area contributed by atoms with Gasteiger partial charge in [0, 0.05) is 67.8 Å². The molecule has 4 aromatic rings. The zero-order valence-electron chi connectivity index (χ0n) is 23.0. The summed E-state index contributed by atoms with van der Waals surface area (Å²) in [6, 6.07) is 6.91. The van der Waals surface area contributed by atoms with Crippen LogP contribution < -0.4 is 11.1 Å². The largest absolute Gasteiger partial charge is 0.469 e. The van der Waals surface area contributed by atoms with Gasteiger partial charge in [-0.25, -0.2) is 24.3 Å². The molecule has 40 heavy (non-hydrogen) atoms. The molecule has 0 saturated carbocycles. The number of fused-ring (bicyclic) bond motifs is 1. The molecular formula is C28H34FN9O2. The molecule has 1 atom stereocenters. The SMILES string of the molecule is CCN1CCN(Cc2cnc(Nc3ncc(F)c(-c4ccc5ncn(C(C)CC(=O)OC)c5c4)n3)cc2N)CC1. The summed E-state index contributed by atoms with van der Waals surface area (Å²) < 4.78 is 21.6. The van der Waals surface area contributed by atoms with E-state index in [-0.39, 0.29) is 30.1 Å². The number of ether oxygens (including phenoxy) is 1. The third-order valence-corrected chi connectivity index (χ3v) is 7.33. The Bertz CT molecular complexity index is 1500. The zero-order chi connectivity index (χ0) is 28.2. The number of benzene rings is 1. The van der Waals surface area contributed by atoms with Gasteiger partial charge in [-0.15, -0.1) is 0 Å². The maximum Gasteiger partial charge on any atom is 0.307 e. The van der Waals surface area contributed by atoms with Gasteiger partial charge in [0.25, 0.3) is 0 Å². The van der Waals surface area contributed by atoms with Crippen molar-refractivity contribution in [3.63, 3.8) is 0 Å². The average Bonchev–Trinajstić information content (AvgIpc) is 3.39. The molecule has 1 aliphatic heterocycles. The smallest absolute Gasteiger partial charge is 0.307 e. The number of carbonyl (C=O) groups is 1. The third-order valence-electron chi connectivity index (χ3n) is 7.33. The minimum Gasteiger partial charge on any atom is -0.469 e. The van der Waals surface area contributed by atoms with E-state index in [2.05, 4.69) is 42.0 Å². The van der Waals surface area contributed by atoms with Gasteiger partial charge in [0.15, 0.2) is 5.82 Å². The fraction of sp³-hybridized carbons (Fsp3) is 0.393. The van der Waals surface area contributed by atoms with Crippen molar-refractivity contribution in [2.45, 2.75) is 32.9 Å². The molecule has 0 aliphatic carbocycles. The van der Waals surface area contributed by atoms with Crippen LogP contribution in [-0.2, 0) is 16.1 Å². The Morgan fingerprint density at radius 3 is 2.62 bits per heavy atom. The molecular weight excluding hydrogens is 513 g/mol. The number of nitrogens with two attached hydrogens (primary N) is 1. The molecule has 210 valence electrons. The first-order chi connectivity index (χ1) is 19.3. The maximum atomic E-state index is 14.9. The first-order valence-corrected chi connectivity index (χ1v) is 13.4. The summed E-state index contributed by atoms with van der Waals surface area (Å²) in [5, 5.41) is 3.05. The first kappa shape index (κ1) is 27.4. The number of likely N-dealkylation sites (N-methyl/N-ethyl adjacent to an activating group) is 1. The van der Waals surface area contributed by atoms with E-state index in [0.29, 0.717) is 17.1 Å². The van der Waals surface area contributed by atoms with Crippen LogP contribution in [0.1, 0.15) is 31.9 Å². The predicted octanol–water partition coefficient (Wildman–Crippen LogP) is 3.61. The minimum atomic E-state index is -0.565. The normalized spacial score (nSPS) is 15.3. The molecule has 1 aliphatic rings. The molecule has 11 nitrogen and oxygen atoms in total. The number of anilines is 3. The second-order valence-corrected chi connectivity index (χ2v) is 9.98. The van der Waals surface area contributed by atoms with Gasteiger partial charge in [-0.05, 0) is 25.6 Å². The molecule has 3 N–H and O–H groups in total. The Balaban J connectivity index is 1.33. The molecule has 0 radical (unpaired) electrons. The van der Waals surface area contributed by atoms with Gasteiger partial charge in [-0.1, -0.05) is 13.0 Å². The summed E-state index contributed by atoms with van der Waals surface area (Å²) >= 11 is 0. The number of pyridine rings is 1. The number of nitrogens with zero attached hydrogens (tertiary/aromatic N) is 7. The van der Waals surface area contributed by atoms with Gasteiger partial charge in [0.2, 0.25) is 5.95 Å². The third kappa shape index (κ3) is 6.02. The van der Waals surface area contributed by atoms with Crippen LogP contribution in [-0.4, -0.2) is 80.1 Å². The van der Waals surface area contributed by atoms with E-state index in [1.807, 2.05) is 11.5 Å². The number of piperazine rings is 1. The van der Waals surface area contributed by atoms with Crippen molar-refractivity contribution in [3.8, 4) is 11.3 Å². The van der Waals surface area contributed by atoms with Gasteiger partial charge in [-0.2, -0.15) is 0 Å². The number of halogens is 1. The highest BCUT2D eigenvalue weighted by molar-refractivity contribution is 5.82. The fourth-order valence-corrected chi connectivity index (χ4v) is 4.90. The van der Waals surface area contributed by atoms with Gasteiger partial charge < -0.3 is 25.3 Å². The van der Waals surface area contributed by atoms with Crippen LogP contribution in [0.4, 0.5) is 21.8 Å². The summed E-state index contributed by atoms with van der Waals surface area (Å²) in [6.45, 7) is 9.99.